The van der Waals surface area contributed by atoms with Gasteiger partial charge in [-0.25, -0.2) is 10.1 Å². The molecule has 0 unspecified atom stereocenters. The number of aromatic nitrogens is 3. The van der Waals surface area contributed by atoms with Gasteiger partial charge in [0.05, 0.1) is 22.6 Å². The Morgan fingerprint density at radius 1 is 1.12 bits per heavy atom. The van der Waals surface area contributed by atoms with Crippen LogP contribution >= 0.6 is 0 Å². The molecule has 2 aliphatic heterocycles. The number of aromatic amines is 1. The zero-order chi connectivity index (χ0) is 23.2. The van der Waals surface area contributed by atoms with Gasteiger partial charge in [-0.3, -0.25) is 14.4 Å². The van der Waals surface area contributed by atoms with Gasteiger partial charge in [0.15, 0.2) is 0 Å². The Bertz CT molecular complexity index is 1290. The molecule has 5 rings (SSSR count). The van der Waals surface area contributed by atoms with E-state index in [0.29, 0.717) is 60.3 Å². The lowest BCUT2D eigenvalue weighted by Gasteiger charge is -2.52. The molecule has 1 saturated heterocycles. The van der Waals surface area contributed by atoms with Crippen molar-refractivity contribution >= 4 is 28.4 Å². The van der Waals surface area contributed by atoms with Crippen molar-refractivity contribution in [2.75, 3.05) is 24.5 Å². The summed E-state index contributed by atoms with van der Waals surface area (Å²) in [5.41, 5.74) is 0.314. The minimum atomic E-state index is -0.559. The van der Waals surface area contributed by atoms with E-state index in [4.69, 9.17) is 0 Å². The fourth-order valence-electron chi connectivity index (χ4n) is 5.14. The highest BCUT2D eigenvalue weighted by Crippen LogP contribution is 2.36. The normalized spacial score (nSPS) is 18.2. The Morgan fingerprint density at radius 2 is 1.85 bits per heavy atom. The number of pyridine rings is 1. The molecule has 0 radical (unpaired) electrons. The molecule has 4 heterocycles. The zero-order valence-corrected chi connectivity index (χ0v) is 18.7. The number of anilines is 1. The van der Waals surface area contributed by atoms with E-state index in [0.717, 1.165) is 0 Å². The number of rotatable bonds is 3. The summed E-state index contributed by atoms with van der Waals surface area (Å²) in [5, 5.41) is 11.1. The third kappa shape index (κ3) is 3.35. The van der Waals surface area contributed by atoms with Gasteiger partial charge in [-0.1, -0.05) is 18.2 Å². The van der Waals surface area contributed by atoms with Crippen LogP contribution in [0.2, 0.25) is 0 Å². The first-order valence-electron chi connectivity index (χ1n) is 11.3. The van der Waals surface area contributed by atoms with E-state index in [-0.39, 0.29) is 17.4 Å². The molecule has 1 fully saturated rings. The standard InChI is InChI=1S/C24H26N6O3/c1-3-30-20-18(9-6-12-25-20)21(31)26-24(30)10-13-29(14-11-24)23(33)15(2)19-16-7-4-5-8-17(16)22(32)28-27-19/h4-9,12,15H,3,10-11,13-14H2,1-2H3,(H,26,31)(H,28,32)/t15-/m1/s1. The molecular formula is C24H26N6O3. The van der Waals surface area contributed by atoms with Crippen molar-refractivity contribution in [2.45, 2.75) is 38.3 Å². The zero-order valence-electron chi connectivity index (χ0n) is 18.7. The summed E-state index contributed by atoms with van der Waals surface area (Å²) < 4.78 is 0. The summed E-state index contributed by atoms with van der Waals surface area (Å²) in [4.78, 5) is 46.7. The second-order valence-electron chi connectivity index (χ2n) is 8.64. The van der Waals surface area contributed by atoms with Gasteiger partial charge in [-0.2, -0.15) is 5.10 Å². The van der Waals surface area contributed by atoms with Crippen LogP contribution in [0.3, 0.4) is 0 Å². The number of hydrogen-bond acceptors (Lipinski definition) is 6. The van der Waals surface area contributed by atoms with E-state index in [9.17, 15) is 14.4 Å². The van der Waals surface area contributed by atoms with Crippen LogP contribution < -0.4 is 15.8 Å². The number of nitrogens with one attached hydrogen (secondary N) is 2. The van der Waals surface area contributed by atoms with E-state index in [1.54, 1.807) is 30.5 Å². The molecule has 9 nitrogen and oxygen atoms in total. The highest BCUT2D eigenvalue weighted by atomic mass is 16.2. The van der Waals surface area contributed by atoms with Crippen LogP contribution in [0.4, 0.5) is 5.82 Å². The van der Waals surface area contributed by atoms with E-state index < -0.39 is 11.6 Å². The lowest BCUT2D eigenvalue weighted by Crippen LogP contribution is -2.68. The predicted octanol–water partition coefficient (Wildman–Crippen LogP) is 2.01. The molecule has 0 saturated carbocycles. The van der Waals surface area contributed by atoms with Crippen molar-refractivity contribution < 1.29 is 9.59 Å². The fourth-order valence-corrected chi connectivity index (χ4v) is 5.14. The summed E-state index contributed by atoms with van der Waals surface area (Å²) in [6.07, 6.45) is 2.90. The van der Waals surface area contributed by atoms with Crippen LogP contribution in [0.25, 0.3) is 10.8 Å². The average molecular weight is 447 g/mol. The highest BCUT2D eigenvalue weighted by molar-refractivity contribution is 6.01. The molecule has 0 bridgehead atoms. The van der Waals surface area contributed by atoms with Crippen LogP contribution in [0.15, 0.2) is 47.4 Å². The quantitative estimate of drug-likeness (QED) is 0.637. The van der Waals surface area contributed by atoms with Gasteiger partial charge in [0, 0.05) is 44.1 Å². The second-order valence-corrected chi connectivity index (χ2v) is 8.64. The number of carbonyl (C=O) groups excluding carboxylic acids is 2. The van der Waals surface area contributed by atoms with Gasteiger partial charge in [-0.15, -0.1) is 0 Å². The number of hydrogen-bond donors (Lipinski definition) is 2. The number of piperidine rings is 1. The molecule has 9 heteroatoms. The van der Waals surface area contributed by atoms with Gasteiger partial charge in [-0.05, 0) is 32.0 Å². The highest BCUT2D eigenvalue weighted by Gasteiger charge is 2.46. The Hall–Kier alpha value is -3.75. The Labute approximate surface area is 190 Å². The molecule has 2 aliphatic rings. The number of amides is 2. The van der Waals surface area contributed by atoms with E-state index in [1.165, 1.54) is 0 Å². The van der Waals surface area contributed by atoms with Gasteiger partial charge in [0.2, 0.25) is 5.91 Å². The monoisotopic (exact) mass is 446 g/mol. The van der Waals surface area contributed by atoms with E-state index >= 15 is 0 Å². The first kappa shape index (κ1) is 21.1. The van der Waals surface area contributed by atoms with Crippen molar-refractivity contribution in [3.05, 3.63) is 64.2 Å². The van der Waals surface area contributed by atoms with Crippen molar-refractivity contribution in [3.8, 4) is 0 Å². The van der Waals surface area contributed by atoms with E-state index in [1.807, 2.05) is 30.9 Å². The average Bonchev–Trinajstić information content (AvgIpc) is 2.84. The number of likely N-dealkylation sites (tertiary alicyclic amines) is 1. The predicted molar refractivity (Wildman–Crippen MR) is 124 cm³/mol. The van der Waals surface area contributed by atoms with Crippen LogP contribution in [-0.4, -0.2) is 57.2 Å². The van der Waals surface area contributed by atoms with Crippen molar-refractivity contribution in [2.24, 2.45) is 0 Å². The molecule has 3 aromatic rings. The molecule has 170 valence electrons. The number of fused-ring (bicyclic) bond motifs is 2. The third-order valence-corrected chi connectivity index (χ3v) is 6.87. The Morgan fingerprint density at radius 3 is 2.58 bits per heavy atom. The maximum Gasteiger partial charge on any atom is 0.272 e. The summed E-state index contributed by atoms with van der Waals surface area (Å²) in [6.45, 7) is 5.57. The van der Waals surface area contributed by atoms with Crippen LogP contribution in [-0.2, 0) is 4.79 Å². The lowest BCUT2D eigenvalue weighted by molar-refractivity contribution is -0.134. The van der Waals surface area contributed by atoms with Gasteiger partial charge in [0.25, 0.3) is 11.5 Å². The SMILES string of the molecule is CCN1c2ncccc2C(=O)NC12CCN(C(=O)[C@H](C)c1n[nH]c(=O)c3ccccc13)CC2. The minimum Gasteiger partial charge on any atom is -0.342 e. The van der Waals surface area contributed by atoms with Crippen LogP contribution in [0.5, 0.6) is 0 Å². The number of H-pyrrole nitrogens is 1. The fraction of sp³-hybridized carbons (Fsp3) is 0.375. The van der Waals surface area contributed by atoms with Crippen molar-refractivity contribution in [1.82, 2.24) is 25.4 Å². The largest absolute Gasteiger partial charge is 0.342 e. The van der Waals surface area contributed by atoms with E-state index in [2.05, 4.69) is 25.4 Å². The molecular weight excluding hydrogens is 420 g/mol. The summed E-state index contributed by atoms with van der Waals surface area (Å²) in [6, 6.07) is 10.7. The Balaban J connectivity index is 1.38. The van der Waals surface area contributed by atoms with Crippen molar-refractivity contribution in [1.29, 1.82) is 0 Å². The maximum absolute atomic E-state index is 13.4. The summed E-state index contributed by atoms with van der Waals surface area (Å²) in [5.74, 6) is 0.0188. The third-order valence-electron chi connectivity index (χ3n) is 6.87. The summed E-state index contributed by atoms with van der Waals surface area (Å²) in [7, 11) is 0. The van der Waals surface area contributed by atoms with Crippen LogP contribution in [0, 0.1) is 0 Å². The molecule has 1 spiro atoms. The minimum absolute atomic E-state index is 0.0433. The van der Waals surface area contributed by atoms with Gasteiger partial charge < -0.3 is 15.1 Å². The smallest absolute Gasteiger partial charge is 0.272 e. The number of nitrogens with zero attached hydrogens (tertiary/aromatic N) is 4. The molecule has 1 aromatic carbocycles. The molecule has 2 aromatic heterocycles. The summed E-state index contributed by atoms with van der Waals surface area (Å²) >= 11 is 0. The topological polar surface area (TPSA) is 111 Å². The number of benzene rings is 1. The number of carbonyl (C=O) groups is 2. The Kier molecular flexibility index (Phi) is 5.11. The maximum atomic E-state index is 13.4. The first-order chi connectivity index (χ1) is 15.9. The molecule has 2 N–H and O–H groups in total. The molecule has 33 heavy (non-hydrogen) atoms. The second kappa shape index (κ2) is 7.99. The first-order valence-corrected chi connectivity index (χ1v) is 11.3. The molecule has 2 amide bonds. The van der Waals surface area contributed by atoms with Gasteiger partial charge >= 0.3 is 0 Å². The van der Waals surface area contributed by atoms with Gasteiger partial charge in [0.1, 0.15) is 11.5 Å². The van der Waals surface area contributed by atoms with Crippen molar-refractivity contribution in [3.63, 3.8) is 0 Å². The van der Waals surface area contributed by atoms with Crippen LogP contribution in [0.1, 0.15) is 48.7 Å². The molecule has 0 aliphatic carbocycles. The molecule has 1 atom stereocenters. The lowest BCUT2D eigenvalue weighted by atomic mass is 9.90.